The topological polar surface area (TPSA) is 114 Å². The average molecular weight is 348 g/mol. The molecule has 9 nitrogen and oxygen atoms in total. The summed E-state index contributed by atoms with van der Waals surface area (Å²) < 4.78 is 10.7. The summed E-state index contributed by atoms with van der Waals surface area (Å²) in [6, 6.07) is 3.42. The van der Waals surface area contributed by atoms with Crippen LogP contribution in [0.1, 0.15) is 35.0 Å². The predicted octanol–water partition coefficient (Wildman–Crippen LogP) is 1.91. The normalized spacial score (nSPS) is 10.9. The number of furan rings is 1. The van der Waals surface area contributed by atoms with Crippen molar-refractivity contribution in [2.24, 2.45) is 0 Å². The molecule has 0 aliphatic heterocycles. The minimum Gasteiger partial charge on any atom is -0.455 e. The number of hydrogen-bond donors (Lipinski definition) is 1. The number of thioether (sulfide) groups is 1. The average Bonchev–Trinajstić information content (AvgIpc) is 3.33. The van der Waals surface area contributed by atoms with Crippen LogP contribution in [0.4, 0.5) is 0 Å². The Morgan fingerprint density at radius 2 is 2.29 bits per heavy atom. The number of nitrogens with one attached hydrogen (secondary N) is 1. The predicted molar refractivity (Wildman–Crippen MR) is 84.1 cm³/mol. The van der Waals surface area contributed by atoms with Crippen LogP contribution < -0.4 is 0 Å². The molecule has 0 radical (unpaired) electrons. The highest BCUT2D eigenvalue weighted by Crippen LogP contribution is 2.20. The van der Waals surface area contributed by atoms with E-state index >= 15 is 0 Å². The molecular formula is C14H16N6O3S. The zero-order chi connectivity index (χ0) is 16.9. The van der Waals surface area contributed by atoms with Gasteiger partial charge in [0.15, 0.2) is 16.7 Å². The van der Waals surface area contributed by atoms with E-state index in [1.807, 2.05) is 6.92 Å². The SMILES string of the molecule is CCc1noc(CN(C)C(=O)c2ccc(CSc3ncn[nH]3)o2)n1. The van der Waals surface area contributed by atoms with Crippen molar-refractivity contribution in [3.63, 3.8) is 0 Å². The summed E-state index contributed by atoms with van der Waals surface area (Å²) in [7, 11) is 1.66. The Kier molecular flexibility index (Phi) is 4.94. The molecule has 0 spiro atoms. The maximum atomic E-state index is 12.4. The van der Waals surface area contributed by atoms with Crippen molar-refractivity contribution in [2.45, 2.75) is 30.8 Å². The van der Waals surface area contributed by atoms with Crippen LogP contribution in [0.25, 0.3) is 0 Å². The summed E-state index contributed by atoms with van der Waals surface area (Å²) >= 11 is 1.44. The number of carbonyl (C=O) groups is 1. The lowest BCUT2D eigenvalue weighted by molar-refractivity contribution is 0.0736. The highest BCUT2D eigenvalue weighted by molar-refractivity contribution is 7.98. The third-order valence-electron chi connectivity index (χ3n) is 3.16. The third-order valence-corrected chi connectivity index (χ3v) is 4.06. The van der Waals surface area contributed by atoms with Crippen LogP contribution in [0.15, 0.2) is 32.6 Å². The van der Waals surface area contributed by atoms with Gasteiger partial charge in [0, 0.05) is 13.5 Å². The highest BCUT2D eigenvalue weighted by Gasteiger charge is 2.18. The van der Waals surface area contributed by atoms with Crippen LogP contribution in [-0.4, -0.2) is 43.2 Å². The fraction of sp³-hybridized carbons (Fsp3) is 0.357. The Balaban J connectivity index is 1.57. The van der Waals surface area contributed by atoms with Crippen LogP contribution >= 0.6 is 11.8 Å². The molecule has 1 N–H and O–H groups in total. The lowest BCUT2D eigenvalue weighted by atomic mass is 10.4. The number of carbonyl (C=O) groups excluding carboxylic acids is 1. The Bertz CT molecular complexity index is 797. The Morgan fingerprint density at radius 1 is 1.42 bits per heavy atom. The molecule has 0 unspecified atom stereocenters. The third kappa shape index (κ3) is 3.82. The van der Waals surface area contributed by atoms with Gasteiger partial charge in [0.1, 0.15) is 18.6 Å². The van der Waals surface area contributed by atoms with Gasteiger partial charge in [0.05, 0.1) is 5.75 Å². The van der Waals surface area contributed by atoms with Gasteiger partial charge < -0.3 is 13.8 Å². The standard InChI is InChI=1S/C14H16N6O3S/c1-3-11-17-12(23-19-11)6-20(2)13(21)10-5-4-9(22-10)7-24-14-15-8-16-18-14/h4-5,8H,3,6-7H2,1-2H3,(H,15,16,18). The summed E-state index contributed by atoms with van der Waals surface area (Å²) in [6.07, 6.45) is 2.13. The number of H-pyrrole nitrogens is 1. The van der Waals surface area contributed by atoms with E-state index in [0.717, 1.165) is 0 Å². The molecule has 0 bridgehead atoms. The van der Waals surface area contributed by atoms with Crippen molar-refractivity contribution >= 4 is 17.7 Å². The van der Waals surface area contributed by atoms with Crippen LogP contribution in [0.3, 0.4) is 0 Å². The van der Waals surface area contributed by atoms with Crippen LogP contribution in [-0.2, 0) is 18.7 Å². The summed E-state index contributed by atoms with van der Waals surface area (Å²) in [4.78, 5) is 22.0. The number of aromatic amines is 1. The summed E-state index contributed by atoms with van der Waals surface area (Å²) in [6.45, 7) is 2.17. The van der Waals surface area contributed by atoms with Gasteiger partial charge in [-0.05, 0) is 12.1 Å². The minimum atomic E-state index is -0.248. The van der Waals surface area contributed by atoms with Crippen molar-refractivity contribution in [3.8, 4) is 0 Å². The fourth-order valence-electron chi connectivity index (χ4n) is 1.93. The number of aryl methyl sites for hydroxylation is 1. The lowest BCUT2D eigenvalue weighted by Crippen LogP contribution is -2.26. The van der Waals surface area contributed by atoms with Crippen molar-refractivity contribution in [2.75, 3.05) is 7.05 Å². The zero-order valence-electron chi connectivity index (χ0n) is 13.2. The molecule has 0 aromatic carbocycles. The van der Waals surface area contributed by atoms with Crippen LogP contribution in [0.5, 0.6) is 0 Å². The molecule has 0 atom stereocenters. The zero-order valence-corrected chi connectivity index (χ0v) is 14.0. The second-order valence-electron chi connectivity index (χ2n) is 4.96. The van der Waals surface area contributed by atoms with Gasteiger partial charge >= 0.3 is 0 Å². The van der Waals surface area contributed by atoms with E-state index < -0.39 is 0 Å². The molecule has 0 fully saturated rings. The van der Waals surface area contributed by atoms with Crippen molar-refractivity contribution in [1.29, 1.82) is 0 Å². The fourth-order valence-corrected chi connectivity index (χ4v) is 2.61. The van der Waals surface area contributed by atoms with E-state index in [0.29, 0.717) is 34.8 Å². The molecule has 3 rings (SSSR count). The molecule has 3 heterocycles. The molecule has 10 heteroatoms. The largest absolute Gasteiger partial charge is 0.455 e. The molecule has 1 amide bonds. The maximum Gasteiger partial charge on any atom is 0.289 e. The first kappa shape index (κ1) is 16.2. The molecule has 24 heavy (non-hydrogen) atoms. The monoisotopic (exact) mass is 348 g/mol. The van der Waals surface area contributed by atoms with Crippen molar-refractivity contribution in [1.82, 2.24) is 30.2 Å². The molecule has 0 saturated heterocycles. The summed E-state index contributed by atoms with van der Waals surface area (Å²) in [5.41, 5.74) is 0. The molecule has 0 saturated carbocycles. The first-order valence-corrected chi connectivity index (χ1v) is 8.28. The van der Waals surface area contributed by atoms with E-state index in [1.165, 1.54) is 23.0 Å². The summed E-state index contributed by atoms with van der Waals surface area (Å²) in [5.74, 6) is 2.27. The van der Waals surface area contributed by atoms with Crippen LogP contribution in [0, 0.1) is 0 Å². The van der Waals surface area contributed by atoms with E-state index in [9.17, 15) is 4.79 Å². The molecule has 3 aromatic rings. The quantitative estimate of drug-likeness (QED) is 0.644. The van der Waals surface area contributed by atoms with Gasteiger partial charge in [-0.1, -0.05) is 23.8 Å². The second-order valence-corrected chi connectivity index (χ2v) is 5.93. The number of nitrogens with zero attached hydrogens (tertiary/aromatic N) is 5. The first-order valence-electron chi connectivity index (χ1n) is 7.29. The van der Waals surface area contributed by atoms with E-state index in [1.54, 1.807) is 19.2 Å². The highest BCUT2D eigenvalue weighted by atomic mass is 32.2. The molecule has 3 aromatic heterocycles. The van der Waals surface area contributed by atoms with Crippen molar-refractivity contribution < 1.29 is 13.7 Å². The Labute approximate surface area is 141 Å². The lowest BCUT2D eigenvalue weighted by Gasteiger charge is -2.12. The van der Waals surface area contributed by atoms with Gasteiger partial charge in [-0.25, -0.2) is 4.98 Å². The summed E-state index contributed by atoms with van der Waals surface area (Å²) in [5, 5.41) is 11.0. The van der Waals surface area contributed by atoms with Gasteiger partial charge in [0.2, 0.25) is 5.89 Å². The van der Waals surface area contributed by atoms with Crippen molar-refractivity contribution in [3.05, 3.63) is 41.7 Å². The molecule has 0 aliphatic carbocycles. The number of hydrogen-bond acceptors (Lipinski definition) is 8. The van der Waals surface area contributed by atoms with E-state index in [4.69, 9.17) is 8.94 Å². The Hall–Kier alpha value is -2.62. The second kappa shape index (κ2) is 7.30. The number of aromatic nitrogens is 5. The first-order chi connectivity index (χ1) is 11.7. The van der Waals surface area contributed by atoms with E-state index in [2.05, 4.69) is 25.3 Å². The molecule has 126 valence electrons. The molecule has 0 aliphatic rings. The van der Waals surface area contributed by atoms with Crippen LogP contribution in [0.2, 0.25) is 0 Å². The van der Waals surface area contributed by atoms with Gasteiger partial charge in [0.25, 0.3) is 5.91 Å². The minimum absolute atomic E-state index is 0.231. The number of amides is 1. The smallest absolute Gasteiger partial charge is 0.289 e. The maximum absolute atomic E-state index is 12.4. The molecular weight excluding hydrogens is 332 g/mol. The Morgan fingerprint density at radius 3 is 3.00 bits per heavy atom. The van der Waals surface area contributed by atoms with E-state index in [-0.39, 0.29) is 18.2 Å². The van der Waals surface area contributed by atoms with Gasteiger partial charge in [-0.3, -0.25) is 9.89 Å². The number of rotatable bonds is 7. The van der Waals surface area contributed by atoms with Gasteiger partial charge in [-0.2, -0.15) is 10.1 Å². The van der Waals surface area contributed by atoms with Gasteiger partial charge in [-0.15, -0.1) is 0 Å².